The molecule has 3 N–H and O–H groups in total. The van der Waals surface area contributed by atoms with Crippen molar-refractivity contribution < 1.29 is 4.79 Å². The normalized spacial score (nSPS) is 11.2. The fraction of sp³-hybridized carbons (Fsp3) is 0.333. The Morgan fingerprint density at radius 2 is 1.80 bits per heavy atom. The third-order valence-corrected chi connectivity index (χ3v) is 5.10. The van der Waals surface area contributed by atoms with Gasteiger partial charge in [0.05, 0.1) is 17.1 Å². The number of carbonyl (C=O) groups is 1. The monoisotopic (exact) mass is 378 g/mol. The maximum atomic E-state index is 12.1. The highest BCUT2D eigenvalue weighted by molar-refractivity contribution is 7.11. The number of nitrogens with one attached hydrogen (secondary N) is 3. The molecule has 1 aromatic heterocycles. The molecule has 0 bridgehead atoms. The molecule has 0 spiro atoms. The highest BCUT2D eigenvalue weighted by atomic mass is 35.5. The SMILES string of the molecule is CCc1ccc(CNC(=NC)NCCNC(=O)c2ccccc2Cl)s1. The van der Waals surface area contributed by atoms with Crippen molar-refractivity contribution in [3.63, 3.8) is 0 Å². The van der Waals surface area contributed by atoms with Crippen molar-refractivity contribution in [2.75, 3.05) is 20.1 Å². The van der Waals surface area contributed by atoms with Gasteiger partial charge in [0.2, 0.25) is 0 Å². The molecule has 0 aliphatic heterocycles. The topological polar surface area (TPSA) is 65.5 Å². The number of thiophene rings is 1. The van der Waals surface area contributed by atoms with Gasteiger partial charge < -0.3 is 16.0 Å². The Labute approximate surface area is 157 Å². The Kier molecular flexibility index (Phi) is 7.76. The minimum Gasteiger partial charge on any atom is -0.355 e. The standard InChI is InChI=1S/C18H23ClN4OS/c1-3-13-8-9-14(25-13)12-23-18(20-2)22-11-10-21-17(24)15-6-4-5-7-16(15)19/h4-9H,3,10-12H2,1-2H3,(H,21,24)(H2,20,22,23). The molecular formula is C18H23ClN4OS. The van der Waals surface area contributed by atoms with E-state index in [9.17, 15) is 4.79 Å². The van der Waals surface area contributed by atoms with Crippen LogP contribution in [-0.2, 0) is 13.0 Å². The van der Waals surface area contributed by atoms with E-state index in [0.29, 0.717) is 29.6 Å². The Morgan fingerprint density at radius 1 is 1.08 bits per heavy atom. The van der Waals surface area contributed by atoms with Crippen LogP contribution >= 0.6 is 22.9 Å². The molecule has 0 saturated heterocycles. The number of carbonyl (C=O) groups excluding carboxylic acids is 1. The van der Waals surface area contributed by atoms with Gasteiger partial charge >= 0.3 is 0 Å². The van der Waals surface area contributed by atoms with Crippen molar-refractivity contribution in [2.45, 2.75) is 19.9 Å². The van der Waals surface area contributed by atoms with Crippen LogP contribution in [0.2, 0.25) is 5.02 Å². The molecule has 0 aliphatic rings. The molecule has 0 fully saturated rings. The van der Waals surface area contributed by atoms with Gasteiger partial charge in [-0.05, 0) is 30.7 Å². The van der Waals surface area contributed by atoms with Crippen LogP contribution in [0.25, 0.3) is 0 Å². The van der Waals surface area contributed by atoms with Crippen LogP contribution in [0.5, 0.6) is 0 Å². The zero-order chi connectivity index (χ0) is 18.1. The number of guanidine groups is 1. The quantitative estimate of drug-likeness (QED) is 0.394. The summed E-state index contributed by atoms with van der Waals surface area (Å²) < 4.78 is 0. The summed E-state index contributed by atoms with van der Waals surface area (Å²) in [5.74, 6) is 0.527. The average Bonchev–Trinajstić information content (AvgIpc) is 3.09. The lowest BCUT2D eigenvalue weighted by Crippen LogP contribution is -2.41. The highest BCUT2D eigenvalue weighted by Crippen LogP contribution is 2.16. The molecule has 1 amide bonds. The lowest BCUT2D eigenvalue weighted by Gasteiger charge is -2.12. The molecule has 0 unspecified atom stereocenters. The first-order valence-corrected chi connectivity index (χ1v) is 9.38. The first-order valence-electron chi connectivity index (χ1n) is 8.19. The average molecular weight is 379 g/mol. The minimum atomic E-state index is -0.180. The van der Waals surface area contributed by atoms with E-state index in [-0.39, 0.29) is 5.91 Å². The van der Waals surface area contributed by atoms with Gasteiger partial charge in [0.15, 0.2) is 5.96 Å². The molecule has 2 aromatic rings. The third kappa shape index (κ3) is 6.07. The molecular weight excluding hydrogens is 356 g/mol. The Balaban J connectivity index is 1.70. The van der Waals surface area contributed by atoms with Crippen LogP contribution in [0.3, 0.4) is 0 Å². The van der Waals surface area contributed by atoms with Crippen LogP contribution in [0.4, 0.5) is 0 Å². The maximum Gasteiger partial charge on any atom is 0.252 e. The van der Waals surface area contributed by atoms with Gasteiger partial charge in [0, 0.05) is 29.9 Å². The summed E-state index contributed by atoms with van der Waals surface area (Å²) in [4.78, 5) is 18.9. The summed E-state index contributed by atoms with van der Waals surface area (Å²) in [6.45, 7) is 3.93. The summed E-state index contributed by atoms with van der Waals surface area (Å²) in [5, 5.41) is 9.73. The summed E-state index contributed by atoms with van der Waals surface area (Å²) in [6, 6.07) is 11.3. The second-order valence-electron chi connectivity index (χ2n) is 5.31. The Bertz CT molecular complexity index is 729. The number of hydrogen-bond acceptors (Lipinski definition) is 3. The molecule has 0 saturated carbocycles. The molecule has 0 atom stereocenters. The van der Waals surface area contributed by atoms with E-state index in [1.165, 1.54) is 9.75 Å². The second-order valence-corrected chi connectivity index (χ2v) is 6.97. The van der Waals surface area contributed by atoms with Gasteiger partial charge in [-0.25, -0.2) is 0 Å². The van der Waals surface area contributed by atoms with Crippen LogP contribution in [-0.4, -0.2) is 32.0 Å². The highest BCUT2D eigenvalue weighted by Gasteiger charge is 2.08. The fourth-order valence-corrected chi connectivity index (χ4v) is 3.32. The summed E-state index contributed by atoms with van der Waals surface area (Å²) in [5.41, 5.74) is 0.482. The van der Waals surface area contributed by atoms with Crippen molar-refractivity contribution in [1.29, 1.82) is 0 Å². The van der Waals surface area contributed by atoms with E-state index >= 15 is 0 Å². The minimum absolute atomic E-state index is 0.180. The molecule has 134 valence electrons. The zero-order valence-electron chi connectivity index (χ0n) is 14.4. The number of nitrogens with zero attached hydrogens (tertiary/aromatic N) is 1. The molecule has 0 aliphatic carbocycles. The number of halogens is 1. The maximum absolute atomic E-state index is 12.1. The van der Waals surface area contributed by atoms with Gasteiger partial charge in [0.1, 0.15) is 0 Å². The van der Waals surface area contributed by atoms with Gasteiger partial charge in [-0.15, -0.1) is 11.3 Å². The number of aryl methyl sites for hydroxylation is 1. The largest absolute Gasteiger partial charge is 0.355 e. The molecule has 0 radical (unpaired) electrons. The first-order chi connectivity index (χ1) is 12.1. The van der Waals surface area contributed by atoms with Gasteiger partial charge in [-0.3, -0.25) is 9.79 Å². The van der Waals surface area contributed by atoms with E-state index in [0.717, 1.165) is 13.0 Å². The van der Waals surface area contributed by atoms with Crippen molar-refractivity contribution in [3.8, 4) is 0 Å². The van der Waals surface area contributed by atoms with Crippen molar-refractivity contribution in [2.24, 2.45) is 4.99 Å². The van der Waals surface area contributed by atoms with Crippen LogP contribution in [0.1, 0.15) is 27.0 Å². The Morgan fingerprint density at radius 3 is 2.48 bits per heavy atom. The number of rotatable bonds is 7. The van der Waals surface area contributed by atoms with Crippen molar-refractivity contribution >= 4 is 34.8 Å². The zero-order valence-corrected chi connectivity index (χ0v) is 16.0. The fourth-order valence-electron chi connectivity index (χ4n) is 2.20. The molecule has 5 nitrogen and oxygen atoms in total. The van der Waals surface area contributed by atoms with E-state index < -0.39 is 0 Å². The molecule has 7 heteroatoms. The van der Waals surface area contributed by atoms with E-state index in [1.807, 2.05) is 0 Å². The third-order valence-electron chi connectivity index (χ3n) is 3.54. The van der Waals surface area contributed by atoms with Crippen LogP contribution in [0.15, 0.2) is 41.4 Å². The van der Waals surface area contributed by atoms with Crippen molar-refractivity contribution in [1.82, 2.24) is 16.0 Å². The number of aliphatic imine (C=N–C) groups is 1. The number of amides is 1. The summed E-state index contributed by atoms with van der Waals surface area (Å²) in [6.07, 6.45) is 1.06. The molecule has 1 aromatic carbocycles. The van der Waals surface area contributed by atoms with Crippen LogP contribution in [0, 0.1) is 0 Å². The lowest BCUT2D eigenvalue weighted by molar-refractivity contribution is 0.0954. The van der Waals surface area contributed by atoms with Gasteiger partial charge in [-0.2, -0.15) is 0 Å². The van der Waals surface area contributed by atoms with E-state index in [2.05, 4.69) is 40.0 Å². The first kappa shape index (κ1) is 19.3. The second kappa shape index (κ2) is 10.1. The predicted molar refractivity (Wildman–Crippen MR) is 106 cm³/mol. The predicted octanol–water partition coefficient (Wildman–Crippen LogP) is 3.06. The Hall–Kier alpha value is -2.05. The van der Waals surface area contributed by atoms with E-state index in [1.54, 1.807) is 42.6 Å². The summed E-state index contributed by atoms with van der Waals surface area (Å²) >= 11 is 7.81. The smallest absolute Gasteiger partial charge is 0.252 e. The molecule has 2 rings (SSSR count). The summed E-state index contributed by atoms with van der Waals surface area (Å²) in [7, 11) is 1.73. The molecule has 1 heterocycles. The van der Waals surface area contributed by atoms with E-state index in [4.69, 9.17) is 11.6 Å². The number of benzene rings is 1. The lowest BCUT2D eigenvalue weighted by atomic mass is 10.2. The van der Waals surface area contributed by atoms with Crippen molar-refractivity contribution in [3.05, 3.63) is 56.7 Å². The van der Waals surface area contributed by atoms with Gasteiger partial charge in [-0.1, -0.05) is 30.7 Å². The van der Waals surface area contributed by atoms with Gasteiger partial charge in [0.25, 0.3) is 5.91 Å². The van der Waals surface area contributed by atoms with Crippen LogP contribution < -0.4 is 16.0 Å². The molecule has 25 heavy (non-hydrogen) atoms. The number of hydrogen-bond donors (Lipinski definition) is 3.